The quantitative estimate of drug-likeness (QED) is 0.0553. The molecule has 1 N–H and O–H groups in total. The van der Waals surface area contributed by atoms with Gasteiger partial charge in [-0.3, -0.25) is 4.79 Å². The Balaban J connectivity index is 3.49. The third-order valence-electron chi connectivity index (χ3n) is 9.35. The van der Waals surface area contributed by atoms with Crippen LogP contribution < -0.4 is 0 Å². The zero-order valence-electron chi connectivity index (χ0n) is 30.0. The van der Waals surface area contributed by atoms with E-state index in [-0.39, 0.29) is 5.97 Å². The molecule has 0 heterocycles. The van der Waals surface area contributed by atoms with E-state index in [1.165, 1.54) is 173 Å². The van der Waals surface area contributed by atoms with Gasteiger partial charge < -0.3 is 9.84 Å². The molecule has 1 atom stereocenters. The first-order chi connectivity index (χ1) is 21.6. The van der Waals surface area contributed by atoms with E-state index < -0.39 is 12.1 Å². The highest BCUT2D eigenvalue weighted by Gasteiger charge is 2.21. The van der Waals surface area contributed by atoms with Crippen molar-refractivity contribution < 1.29 is 19.4 Å². The van der Waals surface area contributed by atoms with Gasteiger partial charge in [0.15, 0.2) is 6.10 Å². The van der Waals surface area contributed by atoms with Crippen molar-refractivity contribution in [3.05, 3.63) is 0 Å². The Morgan fingerprint density at radius 3 is 0.932 bits per heavy atom. The molecule has 4 heteroatoms. The number of ether oxygens (including phenoxy) is 1. The van der Waals surface area contributed by atoms with E-state index in [0.717, 1.165) is 38.5 Å². The molecular formula is C40H78O4. The molecule has 0 saturated heterocycles. The van der Waals surface area contributed by atoms with Gasteiger partial charge in [-0.1, -0.05) is 213 Å². The Kier molecular flexibility index (Phi) is 35.5. The molecule has 0 aromatic rings. The first-order valence-electron chi connectivity index (χ1n) is 20.0. The summed E-state index contributed by atoms with van der Waals surface area (Å²) in [5.41, 5.74) is 0. The van der Waals surface area contributed by atoms with Crippen molar-refractivity contribution in [2.75, 3.05) is 0 Å². The number of carbonyl (C=O) groups excluding carboxylic acids is 1. The van der Waals surface area contributed by atoms with Crippen LogP contribution in [0.4, 0.5) is 0 Å². The molecule has 0 bridgehead atoms. The van der Waals surface area contributed by atoms with Crippen LogP contribution in [-0.4, -0.2) is 23.1 Å². The highest BCUT2D eigenvalue weighted by molar-refractivity contribution is 5.77. The zero-order valence-corrected chi connectivity index (χ0v) is 30.0. The minimum Gasteiger partial charge on any atom is -0.479 e. The minimum atomic E-state index is -0.998. The van der Waals surface area contributed by atoms with E-state index in [1.54, 1.807) is 0 Å². The number of rotatable bonds is 37. The molecule has 0 rings (SSSR count). The third-order valence-corrected chi connectivity index (χ3v) is 9.35. The summed E-state index contributed by atoms with van der Waals surface area (Å²) in [5, 5.41) is 9.49. The van der Waals surface area contributed by atoms with E-state index in [9.17, 15) is 14.7 Å². The molecule has 262 valence electrons. The average Bonchev–Trinajstić information content (AvgIpc) is 3.01. The summed E-state index contributed by atoms with van der Waals surface area (Å²) in [7, 11) is 0. The van der Waals surface area contributed by atoms with Crippen LogP contribution in [-0.2, 0) is 14.3 Å². The molecule has 0 aliphatic rings. The summed E-state index contributed by atoms with van der Waals surface area (Å²) in [5.74, 6) is -1.34. The largest absolute Gasteiger partial charge is 0.479 e. The molecule has 0 spiro atoms. The molecule has 1 unspecified atom stereocenters. The van der Waals surface area contributed by atoms with Crippen molar-refractivity contribution in [1.29, 1.82) is 0 Å². The number of esters is 1. The van der Waals surface area contributed by atoms with Crippen molar-refractivity contribution in [2.45, 2.75) is 245 Å². The van der Waals surface area contributed by atoms with Crippen LogP contribution in [0.25, 0.3) is 0 Å². The van der Waals surface area contributed by atoms with Crippen LogP contribution in [0.3, 0.4) is 0 Å². The summed E-state index contributed by atoms with van der Waals surface area (Å²) in [6, 6.07) is 0. The van der Waals surface area contributed by atoms with Crippen LogP contribution in [0.15, 0.2) is 0 Å². The van der Waals surface area contributed by atoms with E-state index in [2.05, 4.69) is 13.8 Å². The first kappa shape index (κ1) is 42.9. The van der Waals surface area contributed by atoms with Crippen LogP contribution in [0.1, 0.15) is 239 Å². The normalized spacial score (nSPS) is 12.0. The Labute approximate surface area is 275 Å². The fourth-order valence-corrected chi connectivity index (χ4v) is 6.32. The Morgan fingerprint density at radius 1 is 0.409 bits per heavy atom. The van der Waals surface area contributed by atoms with Gasteiger partial charge in [-0.2, -0.15) is 0 Å². The van der Waals surface area contributed by atoms with Crippen molar-refractivity contribution in [3.8, 4) is 0 Å². The predicted molar refractivity (Wildman–Crippen MR) is 190 cm³/mol. The second kappa shape index (κ2) is 36.4. The van der Waals surface area contributed by atoms with Gasteiger partial charge in [0.1, 0.15) is 0 Å². The molecule has 0 saturated carbocycles. The van der Waals surface area contributed by atoms with Crippen molar-refractivity contribution in [2.24, 2.45) is 0 Å². The smallest absolute Gasteiger partial charge is 0.345 e. The molecule has 0 radical (unpaired) electrons. The molecule has 0 fully saturated rings. The second-order valence-electron chi connectivity index (χ2n) is 13.8. The Morgan fingerprint density at radius 2 is 0.659 bits per heavy atom. The summed E-state index contributed by atoms with van der Waals surface area (Å²) < 4.78 is 5.33. The van der Waals surface area contributed by atoms with Gasteiger partial charge in [0.25, 0.3) is 0 Å². The van der Waals surface area contributed by atoms with Gasteiger partial charge in [-0.25, -0.2) is 4.79 Å². The topological polar surface area (TPSA) is 63.6 Å². The molecule has 0 aliphatic carbocycles. The average molecular weight is 623 g/mol. The van der Waals surface area contributed by atoms with E-state index in [1.807, 2.05) is 0 Å². The summed E-state index contributed by atoms with van der Waals surface area (Å²) in [6.45, 7) is 4.55. The van der Waals surface area contributed by atoms with Crippen molar-refractivity contribution >= 4 is 11.9 Å². The van der Waals surface area contributed by atoms with Crippen LogP contribution in [0, 0.1) is 0 Å². The predicted octanol–water partition coefficient (Wildman–Crippen LogP) is 13.7. The molecule has 44 heavy (non-hydrogen) atoms. The first-order valence-corrected chi connectivity index (χ1v) is 20.0. The SMILES string of the molecule is CCCCCCCCCCCCCCCCCCCC(=O)OC(CCCCCCCCCCCCCCCCCC)C(=O)O. The number of carboxylic acids is 1. The fraction of sp³-hybridized carbons (Fsp3) is 0.950. The van der Waals surface area contributed by atoms with E-state index in [0.29, 0.717) is 12.8 Å². The number of carbonyl (C=O) groups is 2. The molecular weight excluding hydrogens is 544 g/mol. The highest BCUT2D eigenvalue weighted by atomic mass is 16.6. The maximum Gasteiger partial charge on any atom is 0.345 e. The maximum absolute atomic E-state index is 12.2. The minimum absolute atomic E-state index is 0.338. The van der Waals surface area contributed by atoms with E-state index >= 15 is 0 Å². The lowest BCUT2D eigenvalue weighted by Gasteiger charge is -2.13. The summed E-state index contributed by atoms with van der Waals surface area (Å²) in [4.78, 5) is 23.8. The van der Waals surface area contributed by atoms with Crippen LogP contribution in [0.5, 0.6) is 0 Å². The fourth-order valence-electron chi connectivity index (χ4n) is 6.32. The molecule has 0 aromatic heterocycles. The van der Waals surface area contributed by atoms with Crippen molar-refractivity contribution in [1.82, 2.24) is 0 Å². The molecule has 0 amide bonds. The summed E-state index contributed by atoms with van der Waals surface area (Å²) in [6.07, 6.45) is 42.8. The Bertz CT molecular complexity index is 590. The van der Waals surface area contributed by atoms with Crippen LogP contribution in [0.2, 0.25) is 0 Å². The lowest BCUT2D eigenvalue weighted by Crippen LogP contribution is -2.27. The lowest BCUT2D eigenvalue weighted by molar-refractivity contribution is -0.164. The standard InChI is InChI=1S/C40H78O4/c1-3-5-7-9-11-13-15-17-19-21-23-25-27-29-31-33-35-37-39(41)44-38(40(42)43)36-34-32-30-28-26-24-22-20-18-16-14-12-10-8-6-4-2/h38H,3-37H2,1-2H3,(H,42,43). The maximum atomic E-state index is 12.2. The number of hydrogen-bond acceptors (Lipinski definition) is 3. The van der Waals surface area contributed by atoms with Gasteiger partial charge in [0.05, 0.1) is 0 Å². The molecule has 0 aliphatic heterocycles. The molecule has 4 nitrogen and oxygen atoms in total. The third kappa shape index (κ3) is 33.8. The van der Waals surface area contributed by atoms with Gasteiger partial charge in [-0.15, -0.1) is 0 Å². The number of unbranched alkanes of at least 4 members (excludes halogenated alkanes) is 31. The van der Waals surface area contributed by atoms with Gasteiger partial charge >= 0.3 is 11.9 Å². The van der Waals surface area contributed by atoms with E-state index in [4.69, 9.17) is 4.74 Å². The van der Waals surface area contributed by atoms with Gasteiger partial charge in [-0.05, 0) is 19.3 Å². The Hall–Kier alpha value is -1.06. The second-order valence-corrected chi connectivity index (χ2v) is 13.8. The number of carboxylic acid groups (broad SMARTS) is 1. The number of hydrogen-bond donors (Lipinski definition) is 1. The molecule has 0 aromatic carbocycles. The zero-order chi connectivity index (χ0) is 32.2. The monoisotopic (exact) mass is 623 g/mol. The highest BCUT2D eigenvalue weighted by Crippen LogP contribution is 2.17. The van der Waals surface area contributed by atoms with Gasteiger partial charge in [0.2, 0.25) is 0 Å². The summed E-state index contributed by atoms with van der Waals surface area (Å²) >= 11 is 0. The van der Waals surface area contributed by atoms with Crippen LogP contribution >= 0.6 is 0 Å². The van der Waals surface area contributed by atoms with Crippen molar-refractivity contribution in [3.63, 3.8) is 0 Å². The number of aliphatic carboxylic acids is 1. The van der Waals surface area contributed by atoms with Gasteiger partial charge in [0, 0.05) is 6.42 Å². The lowest BCUT2D eigenvalue weighted by atomic mass is 10.0.